The van der Waals surface area contributed by atoms with Gasteiger partial charge in [0.15, 0.2) is 5.16 Å². The molecule has 3 N–H and O–H groups in total. The normalized spacial score (nSPS) is 14.1. The molecule has 0 aliphatic carbocycles. The first-order chi connectivity index (χ1) is 9.24. The zero-order valence-corrected chi connectivity index (χ0v) is 13.4. The Hall–Kier alpha value is -1.14. The third-order valence-electron chi connectivity index (χ3n) is 3.42. The molecule has 1 rings (SSSR count). The molecule has 0 saturated carbocycles. The fourth-order valence-electron chi connectivity index (χ4n) is 1.67. The van der Waals surface area contributed by atoms with Gasteiger partial charge in [0.25, 0.3) is 0 Å². The number of rotatable bonds is 7. The summed E-state index contributed by atoms with van der Waals surface area (Å²) in [6.45, 7) is 7.55. The first-order valence-electron chi connectivity index (χ1n) is 6.71. The summed E-state index contributed by atoms with van der Waals surface area (Å²) in [7, 11) is 0. The summed E-state index contributed by atoms with van der Waals surface area (Å²) < 4.78 is 0. The van der Waals surface area contributed by atoms with Gasteiger partial charge in [-0.05, 0) is 46.1 Å². The fraction of sp³-hybridized carbons (Fsp3) is 0.643. The van der Waals surface area contributed by atoms with Gasteiger partial charge in [0, 0.05) is 17.1 Å². The lowest BCUT2D eigenvalue weighted by atomic mass is 9.97. The van der Waals surface area contributed by atoms with E-state index in [1.165, 1.54) is 0 Å². The van der Waals surface area contributed by atoms with Crippen LogP contribution in [0.15, 0.2) is 5.16 Å². The van der Waals surface area contributed by atoms with Crippen LogP contribution in [-0.2, 0) is 4.79 Å². The van der Waals surface area contributed by atoms with E-state index in [0.717, 1.165) is 40.7 Å². The summed E-state index contributed by atoms with van der Waals surface area (Å²) in [4.78, 5) is 19.7. The van der Waals surface area contributed by atoms with Crippen LogP contribution in [-0.4, -0.2) is 32.3 Å². The fourth-order valence-corrected chi connectivity index (χ4v) is 2.60. The molecule has 0 aliphatic heterocycles. The van der Waals surface area contributed by atoms with Crippen molar-refractivity contribution in [1.82, 2.24) is 9.97 Å². The number of nitrogens with zero attached hydrogens (tertiary/aromatic N) is 2. The van der Waals surface area contributed by atoms with Crippen LogP contribution in [0.25, 0.3) is 0 Å². The minimum Gasteiger partial charge on any atom is -0.480 e. The number of carboxylic acids is 1. The second kappa shape index (κ2) is 7.04. The summed E-state index contributed by atoms with van der Waals surface area (Å²) >= 11 is 1.61. The van der Waals surface area contributed by atoms with Crippen LogP contribution in [0.4, 0.5) is 0 Å². The molecule has 1 heterocycles. The number of aliphatic carboxylic acids is 1. The molecule has 0 radical (unpaired) electrons. The van der Waals surface area contributed by atoms with Crippen LogP contribution in [0.5, 0.6) is 0 Å². The SMILES string of the molecule is Cc1nc(SCCCCC(C)(N)C(=O)O)nc(C)c1C. The quantitative estimate of drug-likeness (QED) is 0.456. The van der Waals surface area contributed by atoms with Crippen LogP contribution in [0.2, 0.25) is 0 Å². The molecule has 5 nitrogen and oxygen atoms in total. The smallest absolute Gasteiger partial charge is 0.323 e. The molecule has 1 aromatic heterocycles. The Morgan fingerprint density at radius 1 is 1.25 bits per heavy atom. The minimum absolute atomic E-state index is 0.482. The number of thioether (sulfide) groups is 1. The van der Waals surface area contributed by atoms with Crippen molar-refractivity contribution in [1.29, 1.82) is 0 Å². The molecule has 0 aromatic carbocycles. The summed E-state index contributed by atoms with van der Waals surface area (Å²) in [6.07, 6.45) is 2.17. The van der Waals surface area contributed by atoms with Crippen molar-refractivity contribution in [2.75, 3.05) is 5.75 Å². The zero-order valence-electron chi connectivity index (χ0n) is 12.6. The maximum absolute atomic E-state index is 10.9. The number of unbranched alkanes of at least 4 members (excludes halogenated alkanes) is 1. The average Bonchev–Trinajstić information content (AvgIpc) is 2.35. The third-order valence-corrected chi connectivity index (χ3v) is 4.36. The Balaban J connectivity index is 2.37. The standard InChI is InChI=1S/C14H23N3O2S/c1-9-10(2)16-13(17-11(9)3)20-8-6-5-7-14(4,15)12(18)19/h5-8,15H2,1-4H3,(H,18,19). The van der Waals surface area contributed by atoms with Crippen molar-refractivity contribution in [3.05, 3.63) is 17.0 Å². The van der Waals surface area contributed by atoms with Crippen LogP contribution in [0, 0.1) is 20.8 Å². The molecule has 112 valence electrons. The van der Waals surface area contributed by atoms with Gasteiger partial charge >= 0.3 is 5.97 Å². The summed E-state index contributed by atoms with van der Waals surface area (Å²) in [5, 5.41) is 9.70. The number of aryl methyl sites for hydroxylation is 2. The predicted octanol–water partition coefficient (Wildman–Crippen LogP) is 2.47. The predicted molar refractivity (Wildman–Crippen MR) is 81.0 cm³/mol. The van der Waals surface area contributed by atoms with E-state index in [2.05, 4.69) is 9.97 Å². The van der Waals surface area contributed by atoms with Crippen molar-refractivity contribution in [3.8, 4) is 0 Å². The summed E-state index contributed by atoms with van der Waals surface area (Å²) in [5.74, 6) is -0.0734. The van der Waals surface area contributed by atoms with Crippen molar-refractivity contribution >= 4 is 17.7 Å². The largest absolute Gasteiger partial charge is 0.480 e. The first-order valence-corrected chi connectivity index (χ1v) is 7.69. The Labute approximate surface area is 124 Å². The molecular formula is C14H23N3O2S. The number of hydrogen-bond acceptors (Lipinski definition) is 5. The molecule has 1 unspecified atom stereocenters. The first kappa shape index (κ1) is 16.9. The second-order valence-corrected chi connectivity index (χ2v) is 6.39. The van der Waals surface area contributed by atoms with Gasteiger partial charge in [-0.25, -0.2) is 9.97 Å². The van der Waals surface area contributed by atoms with Crippen molar-refractivity contribution < 1.29 is 9.90 Å². The highest BCUT2D eigenvalue weighted by Crippen LogP contribution is 2.19. The molecule has 0 saturated heterocycles. The van der Waals surface area contributed by atoms with Gasteiger partial charge in [-0.2, -0.15) is 0 Å². The molecule has 0 bridgehead atoms. The zero-order chi connectivity index (χ0) is 15.3. The lowest BCUT2D eigenvalue weighted by molar-refractivity contribution is -0.142. The number of carboxylic acid groups (broad SMARTS) is 1. The van der Waals surface area contributed by atoms with Gasteiger partial charge < -0.3 is 10.8 Å². The van der Waals surface area contributed by atoms with Crippen LogP contribution in [0.3, 0.4) is 0 Å². The van der Waals surface area contributed by atoms with Crippen LogP contribution in [0.1, 0.15) is 43.1 Å². The topological polar surface area (TPSA) is 89.1 Å². The summed E-state index contributed by atoms with van der Waals surface area (Å²) in [6, 6.07) is 0. The Bertz CT molecular complexity index is 466. The second-order valence-electron chi connectivity index (χ2n) is 5.33. The number of hydrogen-bond donors (Lipinski definition) is 2. The van der Waals surface area contributed by atoms with E-state index in [0.29, 0.717) is 6.42 Å². The average molecular weight is 297 g/mol. The number of nitrogens with two attached hydrogens (primary N) is 1. The lowest BCUT2D eigenvalue weighted by Crippen LogP contribution is -2.44. The van der Waals surface area contributed by atoms with E-state index in [1.54, 1.807) is 18.7 Å². The molecule has 0 fully saturated rings. The molecule has 6 heteroatoms. The molecule has 0 amide bonds. The van der Waals surface area contributed by atoms with Gasteiger partial charge in [0.1, 0.15) is 5.54 Å². The molecule has 1 aromatic rings. The summed E-state index contributed by atoms with van der Waals surface area (Å²) in [5.41, 5.74) is 7.71. The van der Waals surface area contributed by atoms with E-state index < -0.39 is 11.5 Å². The van der Waals surface area contributed by atoms with Gasteiger partial charge in [-0.3, -0.25) is 4.79 Å². The maximum Gasteiger partial charge on any atom is 0.323 e. The third kappa shape index (κ3) is 4.76. The molecule has 0 aliphatic rings. The van der Waals surface area contributed by atoms with Crippen molar-refractivity contribution in [2.45, 2.75) is 57.7 Å². The highest BCUT2D eigenvalue weighted by atomic mass is 32.2. The van der Waals surface area contributed by atoms with Crippen molar-refractivity contribution in [3.63, 3.8) is 0 Å². The molecular weight excluding hydrogens is 274 g/mol. The van der Waals surface area contributed by atoms with E-state index in [9.17, 15) is 4.79 Å². The maximum atomic E-state index is 10.9. The van der Waals surface area contributed by atoms with Gasteiger partial charge in [0.2, 0.25) is 0 Å². The van der Waals surface area contributed by atoms with E-state index in [4.69, 9.17) is 10.8 Å². The minimum atomic E-state index is -1.13. The highest BCUT2D eigenvalue weighted by Gasteiger charge is 2.26. The van der Waals surface area contributed by atoms with Crippen molar-refractivity contribution in [2.24, 2.45) is 5.73 Å². The van der Waals surface area contributed by atoms with Crippen LogP contribution < -0.4 is 5.73 Å². The molecule has 20 heavy (non-hydrogen) atoms. The van der Waals surface area contributed by atoms with E-state index >= 15 is 0 Å². The number of carbonyl (C=O) groups is 1. The lowest BCUT2D eigenvalue weighted by Gasteiger charge is -2.18. The van der Waals surface area contributed by atoms with Gasteiger partial charge in [-0.1, -0.05) is 18.2 Å². The highest BCUT2D eigenvalue weighted by molar-refractivity contribution is 7.99. The Morgan fingerprint density at radius 2 is 1.80 bits per heavy atom. The monoisotopic (exact) mass is 297 g/mol. The van der Waals surface area contributed by atoms with Gasteiger partial charge in [0.05, 0.1) is 0 Å². The van der Waals surface area contributed by atoms with Gasteiger partial charge in [-0.15, -0.1) is 0 Å². The van der Waals surface area contributed by atoms with Crippen LogP contribution >= 0.6 is 11.8 Å². The molecule has 1 atom stereocenters. The Morgan fingerprint density at radius 3 is 2.30 bits per heavy atom. The van der Waals surface area contributed by atoms with E-state index in [-0.39, 0.29) is 0 Å². The molecule has 0 spiro atoms. The van der Waals surface area contributed by atoms with E-state index in [1.807, 2.05) is 20.8 Å². The Kier molecular flexibility index (Phi) is 5.95. The number of aromatic nitrogens is 2.